The molecule has 0 spiro atoms. The molecule has 1 aliphatic heterocycles. The van der Waals surface area contributed by atoms with Crippen molar-refractivity contribution >= 4 is 23.6 Å². The van der Waals surface area contributed by atoms with E-state index in [9.17, 15) is 44.7 Å². The molecule has 3 saturated carbocycles. The number of ketones is 1. The average molecular weight is 1060 g/mol. The molecule has 1 amide bonds. The summed E-state index contributed by atoms with van der Waals surface area (Å²) in [4.78, 5) is 51.9. The quantitative estimate of drug-likeness (QED) is 0.141. The Morgan fingerprint density at radius 1 is 1.04 bits per heavy atom. The number of aliphatic hydroxyl groups excluding tert-OH is 3. The number of fused-ring (bicyclic) bond motifs is 5. The number of ether oxygens (including phenoxy) is 3. The van der Waals surface area contributed by atoms with Crippen molar-refractivity contribution in [3.05, 3.63) is 11.1 Å². The van der Waals surface area contributed by atoms with Gasteiger partial charge < -0.3 is 45.1 Å². The fourth-order valence-electron chi connectivity index (χ4n) is 8.30. The maximum Gasteiger partial charge on any atom is 0.337 e. The van der Waals surface area contributed by atoms with E-state index < -0.39 is 101 Å². The Kier molecular flexibility index (Phi) is 12.1. The third kappa shape index (κ3) is 6.23. The molecule has 0 aromatic carbocycles. The maximum atomic E-state index is 14.3. The molecule has 1 saturated heterocycles. The summed E-state index contributed by atoms with van der Waals surface area (Å²) in [5.74, 6) is -4.73. The number of esters is 2. The number of hydrogen-bond donors (Lipinski definition) is 6. The number of rotatable bonds is 6. The molecule has 0 unspecified atom stereocenters. The van der Waals surface area contributed by atoms with Gasteiger partial charge in [0.2, 0.25) is 5.91 Å². The first-order chi connectivity index (χ1) is 19.8. The first kappa shape index (κ1) is 39.9. The third-order valence-corrected chi connectivity index (χ3v) is 11.0. The van der Waals surface area contributed by atoms with Crippen LogP contribution in [0.4, 0.5) is 0 Å². The molecular formula is C30H43Ac2NO12. The molecule has 0 aromatic heterocycles. The molecule has 246 valence electrons. The molecule has 4 aliphatic carbocycles. The topological polar surface area (TPSA) is 209 Å². The largest absolute Gasteiger partial charge is 0.459 e. The number of aliphatic hydroxyl groups is 5. The van der Waals surface area contributed by atoms with Crippen LogP contribution < -0.4 is 5.32 Å². The van der Waals surface area contributed by atoms with Crippen LogP contribution in [0.5, 0.6) is 0 Å². The summed E-state index contributed by atoms with van der Waals surface area (Å²) in [6.07, 6.45) is -8.01. The molecule has 13 nitrogen and oxygen atoms in total. The smallest absolute Gasteiger partial charge is 0.337 e. The zero-order chi connectivity index (χ0) is 32.0. The third-order valence-electron chi connectivity index (χ3n) is 11.0. The van der Waals surface area contributed by atoms with Crippen LogP contribution in [0.1, 0.15) is 67.2 Å². The molecule has 6 N–H and O–H groups in total. The summed E-state index contributed by atoms with van der Waals surface area (Å²) in [7, 11) is 0. The van der Waals surface area contributed by atoms with E-state index in [1.54, 1.807) is 13.8 Å². The van der Waals surface area contributed by atoms with Gasteiger partial charge in [-0.2, -0.15) is 0 Å². The zero-order valence-corrected chi connectivity index (χ0v) is 36.0. The van der Waals surface area contributed by atoms with Crippen LogP contribution in [0.15, 0.2) is 11.1 Å². The zero-order valence-electron chi connectivity index (χ0n) is 26.5. The van der Waals surface area contributed by atoms with E-state index in [0.29, 0.717) is 12.8 Å². The Balaban J connectivity index is 0.00000276. The molecule has 2 radical (unpaired) electrons. The van der Waals surface area contributed by atoms with Crippen molar-refractivity contribution in [2.45, 2.75) is 121 Å². The molecule has 2 bridgehead atoms. The molecule has 0 aromatic rings. The molecule has 15 heteroatoms. The van der Waals surface area contributed by atoms with Crippen LogP contribution in [0, 0.1) is 111 Å². The molecule has 1 heterocycles. The summed E-state index contributed by atoms with van der Waals surface area (Å²) in [5, 5.41) is 61.1. The van der Waals surface area contributed by atoms with E-state index in [4.69, 9.17) is 14.2 Å². The van der Waals surface area contributed by atoms with E-state index in [2.05, 4.69) is 5.32 Å². The monoisotopic (exact) mass is 1060 g/mol. The van der Waals surface area contributed by atoms with E-state index in [1.165, 1.54) is 20.8 Å². The Bertz CT molecular complexity index is 1270. The average Bonchev–Trinajstić information content (AvgIpc) is 3.75. The summed E-state index contributed by atoms with van der Waals surface area (Å²) < 4.78 is 17.1. The number of carbonyl (C=O) groups is 4. The van der Waals surface area contributed by atoms with Crippen LogP contribution in [-0.2, 0) is 33.4 Å². The normalized spacial score (nSPS) is 41.2. The van der Waals surface area contributed by atoms with Gasteiger partial charge in [-0.3, -0.25) is 14.4 Å². The minimum absolute atomic E-state index is 0. The number of carbonyl (C=O) groups excluding carboxylic acids is 4. The second-order valence-electron chi connectivity index (χ2n) is 13.9. The molecule has 45 heavy (non-hydrogen) atoms. The van der Waals surface area contributed by atoms with Crippen LogP contribution in [0.3, 0.4) is 0 Å². The van der Waals surface area contributed by atoms with Crippen LogP contribution >= 0.6 is 0 Å². The van der Waals surface area contributed by atoms with Crippen LogP contribution in [0.25, 0.3) is 0 Å². The predicted molar refractivity (Wildman–Crippen MR) is 146 cm³/mol. The van der Waals surface area contributed by atoms with Crippen LogP contribution in [0.2, 0.25) is 0 Å². The number of Topliss-reactive ketones (excluding diaryl/α,β-unsaturated/α-hetero) is 1. The first-order valence-corrected chi connectivity index (χ1v) is 14.8. The van der Waals surface area contributed by atoms with Gasteiger partial charge in [-0.15, -0.1) is 0 Å². The number of nitrogens with one attached hydrogen (secondary N) is 1. The standard InChI is InChI=1S/C30H43NO12.2Ac/c1-12-16(43-26(38)22(36)20(15-7-8-15)31-13(2)32)10-30(40)25(42-14(3)33)23-28(6,17(34)9-18-29(23,39)11-41-18)24(37)21(35)19(12)27(30,4)5;;/h15-18,20-23,25,34-36,39-40H,7-11H2,1-6H3,(H,31,32);;/t16-,17-,18+,20-,21+,22+,23-,25-,28+,29-,30+;;/m0../s1. The number of hydrogen-bond acceptors (Lipinski definition) is 12. The van der Waals surface area contributed by atoms with Crippen molar-refractivity contribution in [2.75, 3.05) is 6.61 Å². The van der Waals surface area contributed by atoms with Crippen LogP contribution in [-0.4, -0.2) is 110 Å². The summed E-state index contributed by atoms with van der Waals surface area (Å²) in [5.41, 5.74) is -7.07. The summed E-state index contributed by atoms with van der Waals surface area (Å²) in [6.45, 7) is 8.16. The number of amides is 1. The van der Waals surface area contributed by atoms with Gasteiger partial charge in [0.15, 0.2) is 11.9 Å². The van der Waals surface area contributed by atoms with Crippen molar-refractivity contribution in [1.29, 1.82) is 0 Å². The minimum atomic E-state index is -2.17. The van der Waals surface area contributed by atoms with Crippen molar-refractivity contribution in [3.63, 3.8) is 0 Å². The second-order valence-corrected chi connectivity index (χ2v) is 13.9. The van der Waals surface area contributed by atoms with Gasteiger partial charge in [-0.1, -0.05) is 13.8 Å². The van der Waals surface area contributed by atoms with Gasteiger partial charge in [-0.25, -0.2) is 4.79 Å². The van der Waals surface area contributed by atoms with Gasteiger partial charge >= 0.3 is 11.9 Å². The van der Waals surface area contributed by atoms with Crippen molar-refractivity contribution in [2.24, 2.45) is 22.7 Å². The molecule has 5 rings (SSSR count). The SMILES string of the molecule is CC(=O)N[C@@H](C1CC1)[C@@H](O)C(=O)O[C@H]1C[C@@]2(O)[C@@H](OC(C)=O)[C@@H]3[C@]4(O)CO[C@@H]4C[C@H](O)[C@@]3(C)C(=O)[C@H](O)C(=C1C)C2(C)C.[Ac].[Ac]. The molecule has 11 atom stereocenters. The summed E-state index contributed by atoms with van der Waals surface area (Å²) in [6, 6.07) is -0.887. The fourth-order valence-corrected chi connectivity index (χ4v) is 8.30. The van der Waals surface area contributed by atoms with Gasteiger partial charge in [0, 0.05) is 126 Å². The predicted octanol–water partition coefficient (Wildman–Crippen LogP) is -0.956. The molecular weight excluding hydrogens is 1020 g/mol. The van der Waals surface area contributed by atoms with E-state index in [1.807, 2.05) is 0 Å². The van der Waals surface area contributed by atoms with E-state index >= 15 is 0 Å². The van der Waals surface area contributed by atoms with Gasteiger partial charge in [0.05, 0.1) is 30.3 Å². The second kappa shape index (κ2) is 13.6. The Morgan fingerprint density at radius 2 is 1.64 bits per heavy atom. The van der Waals surface area contributed by atoms with Gasteiger partial charge in [0.25, 0.3) is 0 Å². The van der Waals surface area contributed by atoms with Crippen molar-refractivity contribution in [1.82, 2.24) is 5.32 Å². The minimum Gasteiger partial charge on any atom is -0.459 e. The maximum absolute atomic E-state index is 14.3. The van der Waals surface area contributed by atoms with Gasteiger partial charge in [-0.05, 0) is 43.8 Å². The van der Waals surface area contributed by atoms with Gasteiger partial charge in [0.1, 0.15) is 29.5 Å². The Labute approximate surface area is 333 Å². The Hall–Kier alpha value is 0.463. The van der Waals surface area contributed by atoms with Crippen molar-refractivity contribution < 1.29 is 147 Å². The van der Waals surface area contributed by atoms with E-state index in [0.717, 1.165) is 6.92 Å². The Morgan fingerprint density at radius 3 is 2.13 bits per heavy atom. The molecule has 5 aliphatic rings. The van der Waals surface area contributed by atoms with E-state index in [-0.39, 0.29) is 118 Å². The van der Waals surface area contributed by atoms with Crippen molar-refractivity contribution in [3.8, 4) is 0 Å². The first-order valence-electron chi connectivity index (χ1n) is 14.8. The summed E-state index contributed by atoms with van der Waals surface area (Å²) >= 11 is 0. The fraction of sp³-hybridized carbons (Fsp3) is 0.800. The molecule has 4 fully saturated rings.